The van der Waals surface area contributed by atoms with Gasteiger partial charge >= 0.3 is 5.97 Å². The van der Waals surface area contributed by atoms with Gasteiger partial charge in [0.1, 0.15) is 10.3 Å². The standard InChI is InChI=1S/C13H14N2O2S2/c1-8-5-4-6-10(7-8)11-14-15-13(19-11)18-9(2)12(16)17-3/h4-7,9H,1-3H3. The first-order valence-electron chi connectivity index (χ1n) is 5.75. The number of carbonyl (C=O) groups excluding carboxylic acids is 1. The van der Waals surface area contributed by atoms with Crippen molar-refractivity contribution < 1.29 is 9.53 Å². The number of nitrogens with zero attached hydrogens (tertiary/aromatic N) is 2. The molecule has 1 aromatic carbocycles. The Bertz CT molecular complexity index is 584. The number of aromatic nitrogens is 2. The van der Waals surface area contributed by atoms with Crippen LogP contribution in [0.2, 0.25) is 0 Å². The van der Waals surface area contributed by atoms with Crippen LogP contribution in [0.3, 0.4) is 0 Å². The molecule has 0 N–H and O–H groups in total. The van der Waals surface area contributed by atoms with Gasteiger partial charge in [-0.3, -0.25) is 4.79 Å². The second kappa shape index (κ2) is 6.16. The Balaban J connectivity index is 2.13. The number of hydrogen-bond acceptors (Lipinski definition) is 6. The number of benzene rings is 1. The zero-order valence-corrected chi connectivity index (χ0v) is 12.5. The van der Waals surface area contributed by atoms with Gasteiger partial charge in [-0.05, 0) is 19.9 Å². The molecule has 0 saturated carbocycles. The van der Waals surface area contributed by atoms with Crippen molar-refractivity contribution in [1.29, 1.82) is 0 Å². The minimum atomic E-state index is -0.275. The Morgan fingerprint density at radius 2 is 2.21 bits per heavy atom. The van der Waals surface area contributed by atoms with Gasteiger partial charge in [0.25, 0.3) is 0 Å². The molecule has 0 aliphatic rings. The monoisotopic (exact) mass is 294 g/mol. The molecule has 0 bridgehead atoms. The van der Waals surface area contributed by atoms with E-state index < -0.39 is 0 Å². The molecule has 0 spiro atoms. The van der Waals surface area contributed by atoms with E-state index >= 15 is 0 Å². The van der Waals surface area contributed by atoms with Crippen LogP contribution in [0.25, 0.3) is 10.6 Å². The third-order valence-corrected chi connectivity index (χ3v) is 4.62. The minimum absolute atomic E-state index is 0.252. The van der Waals surface area contributed by atoms with Gasteiger partial charge < -0.3 is 4.74 Å². The topological polar surface area (TPSA) is 52.1 Å². The van der Waals surface area contributed by atoms with E-state index in [0.717, 1.165) is 14.9 Å². The molecule has 19 heavy (non-hydrogen) atoms. The second-order valence-corrected chi connectivity index (χ2v) is 6.59. The Hall–Kier alpha value is -1.40. The van der Waals surface area contributed by atoms with E-state index in [9.17, 15) is 4.79 Å². The molecule has 1 aromatic heterocycles. The SMILES string of the molecule is COC(=O)C(C)Sc1nnc(-c2cccc(C)c2)s1. The highest BCUT2D eigenvalue weighted by Gasteiger charge is 2.17. The van der Waals surface area contributed by atoms with Gasteiger partial charge in [0.05, 0.1) is 7.11 Å². The summed E-state index contributed by atoms with van der Waals surface area (Å²) in [6, 6.07) is 8.11. The van der Waals surface area contributed by atoms with Gasteiger partial charge in [-0.1, -0.05) is 46.9 Å². The largest absolute Gasteiger partial charge is 0.468 e. The third-order valence-electron chi connectivity index (χ3n) is 2.48. The summed E-state index contributed by atoms with van der Waals surface area (Å²) in [7, 11) is 1.39. The minimum Gasteiger partial charge on any atom is -0.468 e. The van der Waals surface area contributed by atoms with Crippen molar-refractivity contribution in [3.8, 4) is 10.6 Å². The number of ether oxygens (including phenoxy) is 1. The van der Waals surface area contributed by atoms with E-state index in [1.54, 1.807) is 6.92 Å². The molecule has 6 heteroatoms. The van der Waals surface area contributed by atoms with Crippen LogP contribution >= 0.6 is 23.1 Å². The lowest BCUT2D eigenvalue weighted by atomic mass is 10.1. The Kier molecular flexibility index (Phi) is 4.55. The van der Waals surface area contributed by atoms with Crippen molar-refractivity contribution in [2.45, 2.75) is 23.4 Å². The number of methoxy groups -OCH3 is 1. The zero-order chi connectivity index (χ0) is 13.8. The van der Waals surface area contributed by atoms with E-state index in [1.807, 2.05) is 25.1 Å². The average molecular weight is 294 g/mol. The predicted molar refractivity (Wildman–Crippen MR) is 77.4 cm³/mol. The quantitative estimate of drug-likeness (QED) is 0.640. The van der Waals surface area contributed by atoms with Crippen molar-refractivity contribution in [1.82, 2.24) is 10.2 Å². The molecule has 2 aromatic rings. The van der Waals surface area contributed by atoms with Gasteiger partial charge in [-0.2, -0.15) is 0 Å². The number of thioether (sulfide) groups is 1. The second-order valence-electron chi connectivity index (χ2n) is 4.03. The summed E-state index contributed by atoms with van der Waals surface area (Å²) in [5.41, 5.74) is 2.24. The average Bonchev–Trinajstić information content (AvgIpc) is 2.86. The maximum Gasteiger partial charge on any atom is 0.318 e. The van der Waals surface area contributed by atoms with E-state index in [0.29, 0.717) is 0 Å². The predicted octanol–water partition coefficient (Wildman–Crippen LogP) is 3.17. The van der Waals surface area contributed by atoms with E-state index in [2.05, 4.69) is 21.0 Å². The van der Waals surface area contributed by atoms with Crippen LogP contribution in [0, 0.1) is 6.92 Å². The molecule has 4 nitrogen and oxygen atoms in total. The van der Waals surface area contributed by atoms with Crippen molar-refractivity contribution in [3.05, 3.63) is 29.8 Å². The molecule has 100 valence electrons. The molecule has 1 heterocycles. The van der Waals surface area contributed by atoms with Crippen molar-refractivity contribution in [3.63, 3.8) is 0 Å². The molecular formula is C13H14N2O2S2. The maximum absolute atomic E-state index is 11.4. The van der Waals surface area contributed by atoms with Crippen LogP contribution in [0.15, 0.2) is 28.6 Å². The van der Waals surface area contributed by atoms with E-state index in [-0.39, 0.29) is 11.2 Å². The highest BCUT2D eigenvalue weighted by molar-refractivity contribution is 8.02. The van der Waals surface area contributed by atoms with Crippen LogP contribution in [0.4, 0.5) is 0 Å². The van der Waals surface area contributed by atoms with Gasteiger partial charge in [-0.15, -0.1) is 10.2 Å². The molecule has 0 saturated heterocycles. The molecule has 1 unspecified atom stereocenters. The van der Waals surface area contributed by atoms with Crippen molar-refractivity contribution in [2.24, 2.45) is 0 Å². The van der Waals surface area contributed by atoms with Gasteiger partial charge in [0.15, 0.2) is 4.34 Å². The molecule has 0 amide bonds. The smallest absolute Gasteiger partial charge is 0.318 e. The fourth-order valence-electron chi connectivity index (χ4n) is 1.52. The normalized spacial score (nSPS) is 12.2. The summed E-state index contributed by atoms with van der Waals surface area (Å²) in [6.45, 7) is 3.84. The first kappa shape index (κ1) is 14.0. The summed E-state index contributed by atoms with van der Waals surface area (Å²) in [4.78, 5) is 11.4. The Labute approximate surface area is 120 Å². The van der Waals surface area contributed by atoms with Crippen LogP contribution < -0.4 is 0 Å². The summed E-state index contributed by atoms with van der Waals surface area (Å²) < 4.78 is 5.46. The lowest BCUT2D eigenvalue weighted by Crippen LogP contribution is -2.14. The molecule has 0 fully saturated rings. The molecule has 2 rings (SSSR count). The molecular weight excluding hydrogens is 280 g/mol. The lowest BCUT2D eigenvalue weighted by Gasteiger charge is -2.04. The highest BCUT2D eigenvalue weighted by atomic mass is 32.2. The Morgan fingerprint density at radius 3 is 2.89 bits per heavy atom. The summed E-state index contributed by atoms with van der Waals surface area (Å²) in [5, 5.41) is 8.85. The number of carbonyl (C=O) groups is 1. The summed E-state index contributed by atoms with van der Waals surface area (Å²) >= 11 is 2.85. The molecule has 0 aliphatic heterocycles. The lowest BCUT2D eigenvalue weighted by molar-refractivity contribution is -0.139. The molecule has 0 radical (unpaired) electrons. The number of rotatable bonds is 4. The van der Waals surface area contributed by atoms with Gasteiger partial charge in [0, 0.05) is 5.56 Å². The van der Waals surface area contributed by atoms with Crippen molar-refractivity contribution >= 4 is 29.1 Å². The maximum atomic E-state index is 11.4. The highest BCUT2D eigenvalue weighted by Crippen LogP contribution is 2.32. The number of aryl methyl sites for hydroxylation is 1. The zero-order valence-electron chi connectivity index (χ0n) is 10.9. The Morgan fingerprint density at radius 1 is 1.42 bits per heavy atom. The van der Waals surface area contributed by atoms with Crippen LogP contribution in [0.1, 0.15) is 12.5 Å². The van der Waals surface area contributed by atoms with Crippen LogP contribution in [-0.2, 0) is 9.53 Å². The molecule has 0 aliphatic carbocycles. The van der Waals surface area contributed by atoms with Crippen LogP contribution in [0.5, 0.6) is 0 Å². The first-order valence-corrected chi connectivity index (χ1v) is 7.45. The number of hydrogen-bond donors (Lipinski definition) is 0. The molecule has 1 atom stereocenters. The van der Waals surface area contributed by atoms with Crippen molar-refractivity contribution in [2.75, 3.05) is 7.11 Å². The van der Waals surface area contributed by atoms with Gasteiger partial charge in [-0.25, -0.2) is 0 Å². The van der Waals surface area contributed by atoms with E-state index in [4.69, 9.17) is 0 Å². The third kappa shape index (κ3) is 3.54. The summed E-state index contributed by atoms with van der Waals surface area (Å²) in [5.74, 6) is -0.252. The van der Waals surface area contributed by atoms with E-state index in [1.165, 1.54) is 35.8 Å². The van der Waals surface area contributed by atoms with Gasteiger partial charge in [0.2, 0.25) is 0 Å². The first-order chi connectivity index (χ1) is 9.10. The number of esters is 1. The fraction of sp³-hybridized carbons (Fsp3) is 0.308. The van der Waals surface area contributed by atoms with Crippen LogP contribution in [-0.4, -0.2) is 28.5 Å². The summed E-state index contributed by atoms with van der Waals surface area (Å²) in [6.07, 6.45) is 0. The fourth-order valence-corrected chi connectivity index (χ4v) is 3.54.